The molecule has 1 saturated heterocycles. The molecule has 1 aliphatic heterocycles. The molecule has 2 amide bonds. The molecule has 0 bridgehead atoms. The number of alkyl halides is 2. The predicted molar refractivity (Wildman–Crippen MR) is 110 cm³/mol. The van der Waals surface area contributed by atoms with E-state index in [0.717, 1.165) is 14.9 Å². The maximum Gasteiger partial charge on any atom is 0.407 e. The summed E-state index contributed by atoms with van der Waals surface area (Å²) >= 11 is 3.37. The van der Waals surface area contributed by atoms with E-state index < -0.39 is 43.0 Å². The average Bonchev–Trinajstić information content (AvgIpc) is 3.30. The number of hydrogen-bond donors (Lipinski definition) is 2. The number of methoxy groups -OCH3 is 1. The van der Waals surface area contributed by atoms with Crippen LogP contribution in [0.2, 0.25) is 0 Å². The highest BCUT2D eigenvalue weighted by atomic mass is 79.9. The van der Waals surface area contributed by atoms with Crippen LogP contribution in [-0.4, -0.2) is 52.5 Å². The first-order valence-corrected chi connectivity index (χ1v) is 10.2. The van der Waals surface area contributed by atoms with Crippen molar-refractivity contribution in [3.8, 4) is 11.3 Å². The number of benzene rings is 1. The first kappa shape index (κ1) is 22.2. The molecule has 7 nitrogen and oxygen atoms in total. The molecular formula is C20H23BrF2N4O3. The van der Waals surface area contributed by atoms with Gasteiger partial charge in [-0.3, -0.25) is 4.79 Å². The number of imidazole rings is 1. The number of amides is 2. The Balaban J connectivity index is 1.88. The van der Waals surface area contributed by atoms with Crippen molar-refractivity contribution < 1.29 is 23.1 Å². The van der Waals surface area contributed by atoms with E-state index >= 15 is 0 Å². The van der Waals surface area contributed by atoms with Gasteiger partial charge in [0.1, 0.15) is 11.9 Å². The molecular weight excluding hydrogens is 462 g/mol. The maximum atomic E-state index is 14.3. The molecule has 30 heavy (non-hydrogen) atoms. The molecule has 3 rings (SSSR count). The van der Waals surface area contributed by atoms with Crippen molar-refractivity contribution >= 4 is 27.9 Å². The van der Waals surface area contributed by atoms with Crippen LogP contribution in [0.4, 0.5) is 13.6 Å². The second kappa shape index (κ2) is 8.71. The summed E-state index contributed by atoms with van der Waals surface area (Å²) in [4.78, 5) is 33.2. The summed E-state index contributed by atoms with van der Waals surface area (Å²) in [6.45, 7) is 2.71. The Labute approximate surface area is 181 Å². The van der Waals surface area contributed by atoms with Gasteiger partial charge in [-0.15, -0.1) is 0 Å². The van der Waals surface area contributed by atoms with E-state index in [1.54, 1.807) is 20.0 Å². The highest BCUT2D eigenvalue weighted by Gasteiger charge is 2.50. The standard InChI is InChI=1S/C20H23BrF2N4O3/c1-11(2)16(26-19(29)30-3)18(28)27-10-20(22,23)8-15(27)17-24-9-14(25-17)12-4-6-13(21)7-5-12/h4-7,9,11,15-16H,8,10H2,1-3H3,(H,24,25)(H,26,29). The van der Waals surface area contributed by atoms with E-state index in [1.807, 2.05) is 24.3 Å². The van der Waals surface area contributed by atoms with Crippen LogP contribution >= 0.6 is 15.9 Å². The number of aromatic amines is 1. The third kappa shape index (κ3) is 4.80. The zero-order chi connectivity index (χ0) is 22.1. The van der Waals surface area contributed by atoms with Crippen LogP contribution in [0.25, 0.3) is 11.3 Å². The summed E-state index contributed by atoms with van der Waals surface area (Å²) in [5.74, 6) is -3.70. The predicted octanol–water partition coefficient (Wildman–Crippen LogP) is 4.13. The van der Waals surface area contributed by atoms with Crippen molar-refractivity contribution in [1.82, 2.24) is 20.2 Å². The molecule has 0 spiro atoms. The summed E-state index contributed by atoms with van der Waals surface area (Å²) in [6, 6.07) is 5.53. The molecule has 1 aliphatic rings. The molecule has 0 radical (unpaired) electrons. The SMILES string of the molecule is COC(=O)NC(C(=O)N1CC(F)(F)CC1c1ncc(-c2ccc(Br)cc2)[nH]1)C(C)C. The van der Waals surface area contributed by atoms with Gasteiger partial charge in [0.05, 0.1) is 31.6 Å². The fourth-order valence-corrected chi connectivity index (χ4v) is 3.72. The van der Waals surface area contributed by atoms with Gasteiger partial charge >= 0.3 is 6.09 Å². The number of nitrogens with one attached hydrogen (secondary N) is 2. The Bertz CT molecular complexity index is 917. The van der Waals surface area contributed by atoms with E-state index in [1.165, 1.54) is 7.11 Å². The van der Waals surface area contributed by atoms with Crippen LogP contribution in [-0.2, 0) is 9.53 Å². The minimum absolute atomic E-state index is 0.277. The number of likely N-dealkylation sites (tertiary alicyclic amines) is 1. The van der Waals surface area contributed by atoms with Gasteiger partial charge in [0.25, 0.3) is 5.92 Å². The van der Waals surface area contributed by atoms with Gasteiger partial charge in [-0.2, -0.15) is 0 Å². The van der Waals surface area contributed by atoms with Crippen LogP contribution in [0.3, 0.4) is 0 Å². The van der Waals surface area contributed by atoms with Gasteiger partial charge in [-0.05, 0) is 23.6 Å². The molecule has 162 valence electrons. The molecule has 2 N–H and O–H groups in total. The number of aromatic nitrogens is 2. The van der Waals surface area contributed by atoms with Crippen LogP contribution in [0, 0.1) is 5.92 Å². The number of nitrogens with zero attached hydrogens (tertiary/aromatic N) is 2. The molecule has 2 unspecified atom stereocenters. The Morgan fingerprint density at radius 3 is 2.60 bits per heavy atom. The van der Waals surface area contributed by atoms with Crippen molar-refractivity contribution in [2.24, 2.45) is 5.92 Å². The topological polar surface area (TPSA) is 87.3 Å². The van der Waals surface area contributed by atoms with Crippen LogP contribution < -0.4 is 5.32 Å². The first-order chi connectivity index (χ1) is 14.1. The first-order valence-electron chi connectivity index (χ1n) is 9.45. The van der Waals surface area contributed by atoms with Gasteiger partial charge in [0.2, 0.25) is 5.91 Å². The fourth-order valence-electron chi connectivity index (χ4n) is 3.45. The molecule has 10 heteroatoms. The zero-order valence-electron chi connectivity index (χ0n) is 16.8. The van der Waals surface area contributed by atoms with E-state index in [-0.39, 0.29) is 11.7 Å². The molecule has 1 aromatic heterocycles. The third-order valence-electron chi connectivity index (χ3n) is 5.01. The van der Waals surface area contributed by atoms with Crippen molar-refractivity contribution in [3.05, 3.63) is 40.8 Å². The van der Waals surface area contributed by atoms with E-state index in [9.17, 15) is 18.4 Å². The van der Waals surface area contributed by atoms with Gasteiger partial charge in [0.15, 0.2) is 0 Å². The molecule has 1 aromatic carbocycles. The van der Waals surface area contributed by atoms with Gasteiger partial charge in [0, 0.05) is 10.9 Å². The minimum Gasteiger partial charge on any atom is -0.453 e. The Morgan fingerprint density at radius 1 is 1.33 bits per heavy atom. The molecule has 2 atom stereocenters. The second-order valence-electron chi connectivity index (χ2n) is 7.59. The summed E-state index contributed by atoms with van der Waals surface area (Å²) in [5.41, 5.74) is 1.50. The Kier molecular flexibility index (Phi) is 6.44. The van der Waals surface area contributed by atoms with Crippen LogP contribution in [0.1, 0.15) is 32.1 Å². The number of carbonyl (C=O) groups excluding carboxylic acids is 2. The van der Waals surface area contributed by atoms with Crippen molar-refractivity contribution in [1.29, 1.82) is 0 Å². The smallest absolute Gasteiger partial charge is 0.407 e. The molecule has 0 saturated carbocycles. The zero-order valence-corrected chi connectivity index (χ0v) is 18.4. The number of alkyl carbamates (subject to hydrolysis) is 1. The lowest BCUT2D eigenvalue weighted by Gasteiger charge is -2.29. The van der Waals surface area contributed by atoms with Crippen LogP contribution in [0.5, 0.6) is 0 Å². The summed E-state index contributed by atoms with van der Waals surface area (Å²) in [6.07, 6.45) is 0.222. The van der Waals surface area contributed by atoms with Gasteiger partial charge < -0.3 is 19.9 Å². The highest BCUT2D eigenvalue weighted by molar-refractivity contribution is 9.10. The molecule has 0 aliphatic carbocycles. The maximum absolute atomic E-state index is 14.3. The van der Waals surface area contributed by atoms with E-state index in [2.05, 4.69) is 36.0 Å². The fraction of sp³-hybridized carbons (Fsp3) is 0.450. The molecule has 1 fully saturated rings. The van der Waals surface area contributed by atoms with E-state index in [0.29, 0.717) is 5.69 Å². The number of carbonyl (C=O) groups is 2. The lowest BCUT2D eigenvalue weighted by Crippen LogP contribution is -2.51. The van der Waals surface area contributed by atoms with Gasteiger partial charge in [-0.25, -0.2) is 18.6 Å². The number of rotatable bonds is 5. The quantitative estimate of drug-likeness (QED) is 0.667. The third-order valence-corrected chi connectivity index (χ3v) is 5.54. The van der Waals surface area contributed by atoms with Gasteiger partial charge in [-0.1, -0.05) is 41.9 Å². The summed E-state index contributed by atoms with van der Waals surface area (Å²) in [5, 5.41) is 2.45. The number of hydrogen-bond acceptors (Lipinski definition) is 4. The summed E-state index contributed by atoms with van der Waals surface area (Å²) < 4.78 is 34.1. The normalized spacial score (nSPS) is 19.0. The second-order valence-corrected chi connectivity index (χ2v) is 8.50. The minimum atomic E-state index is -3.06. The average molecular weight is 485 g/mol. The Morgan fingerprint density at radius 2 is 2.00 bits per heavy atom. The number of halogens is 3. The molecule has 2 aromatic rings. The summed E-state index contributed by atoms with van der Waals surface area (Å²) in [7, 11) is 1.18. The monoisotopic (exact) mass is 484 g/mol. The van der Waals surface area contributed by atoms with E-state index in [4.69, 9.17) is 0 Å². The number of H-pyrrole nitrogens is 1. The Hall–Kier alpha value is -2.49. The molecule has 2 heterocycles. The number of ether oxygens (including phenoxy) is 1. The van der Waals surface area contributed by atoms with Crippen molar-refractivity contribution in [2.45, 2.75) is 38.3 Å². The lowest BCUT2D eigenvalue weighted by molar-refractivity contribution is -0.136. The van der Waals surface area contributed by atoms with Crippen molar-refractivity contribution in [3.63, 3.8) is 0 Å². The van der Waals surface area contributed by atoms with Crippen LogP contribution in [0.15, 0.2) is 34.9 Å². The largest absolute Gasteiger partial charge is 0.453 e. The lowest BCUT2D eigenvalue weighted by atomic mass is 10.0. The van der Waals surface area contributed by atoms with Crippen molar-refractivity contribution in [2.75, 3.05) is 13.7 Å². The highest BCUT2D eigenvalue weighted by Crippen LogP contribution is 2.41.